The van der Waals surface area contributed by atoms with E-state index in [-0.39, 0.29) is 5.92 Å². The van der Waals surface area contributed by atoms with E-state index >= 15 is 0 Å². The van der Waals surface area contributed by atoms with E-state index in [1.807, 2.05) is 30.5 Å². The highest BCUT2D eigenvalue weighted by Crippen LogP contribution is 2.36. The number of carbonyl (C=O) groups excluding carboxylic acids is 1. The maximum atomic E-state index is 10.9. The number of carbonyl (C=O) groups is 1. The quantitative estimate of drug-likeness (QED) is 0.392. The minimum atomic E-state index is 0.157. The van der Waals surface area contributed by atoms with Crippen LogP contribution < -0.4 is 5.73 Å². The van der Waals surface area contributed by atoms with Crippen LogP contribution in [-0.4, -0.2) is 25.9 Å². The van der Waals surface area contributed by atoms with Crippen LogP contribution >= 0.6 is 15.9 Å². The molecular formula is C22H22BrN5O. The van der Waals surface area contributed by atoms with Crippen molar-refractivity contribution in [2.75, 3.05) is 5.73 Å². The number of para-hydroxylation sites is 1. The summed E-state index contributed by atoms with van der Waals surface area (Å²) >= 11 is 3.61. The van der Waals surface area contributed by atoms with Crippen LogP contribution in [-0.2, 0) is 4.79 Å². The average Bonchev–Trinajstić information content (AvgIpc) is 3.17. The number of nitrogen functional groups attached to an aromatic ring is 1. The van der Waals surface area contributed by atoms with Gasteiger partial charge < -0.3 is 10.5 Å². The minimum Gasteiger partial charge on any atom is -0.383 e. The zero-order valence-corrected chi connectivity index (χ0v) is 17.8. The van der Waals surface area contributed by atoms with Crippen molar-refractivity contribution in [2.45, 2.75) is 38.5 Å². The fraction of sp³-hybridized carbons (Fsp3) is 0.273. The van der Waals surface area contributed by atoms with Crippen molar-refractivity contribution in [1.82, 2.24) is 19.6 Å². The van der Waals surface area contributed by atoms with E-state index in [0.717, 1.165) is 57.7 Å². The van der Waals surface area contributed by atoms with Crippen molar-refractivity contribution < 1.29 is 4.79 Å². The Labute approximate surface area is 177 Å². The van der Waals surface area contributed by atoms with Crippen LogP contribution in [0.25, 0.3) is 27.7 Å². The number of nitrogens with zero attached hydrogens (tertiary/aromatic N) is 4. The number of anilines is 1. The first-order chi connectivity index (χ1) is 14.1. The maximum Gasteiger partial charge on any atom is 0.165 e. The van der Waals surface area contributed by atoms with E-state index in [1.54, 1.807) is 10.7 Å². The number of aldehydes is 1. The largest absolute Gasteiger partial charge is 0.383 e. The molecule has 4 aromatic rings. The smallest absolute Gasteiger partial charge is 0.165 e. The Balaban J connectivity index is 1.87. The zero-order valence-electron chi connectivity index (χ0n) is 16.2. The van der Waals surface area contributed by atoms with Gasteiger partial charge in [0.15, 0.2) is 5.65 Å². The predicted octanol–water partition coefficient (Wildman–Crippen LogP) is 5.15. The first-order valence-corrected chi connectivity index (χ1v) is 10.5. The van der Waals surface area contributed by atoms with Crippen molar-refractivity contribution in [2.24, 2.45) is 0 Å². The third-order valence-electron chi connectivity index (χ3n) is 5.21. The summed E-state index contributed by atoms with van der Waals surface area (Å²) in [4.78, 5) is 20.5. The summed E-state index contributed by atoms with van der Waals surface area (Å²) in [6, 6.07) is 10.1. The second-order valence-electron chi connectivity index (χ2n) is 7.14. The topological polar surface area (TPSA) is 86.2 Å². The van der Waals surface area contributed by atoms with Crippen LogP contribution in [0.4, 0.5) is 5.82 Å². The second kappa shape index (κ2) is 8.29. The molecule has 1 unspecified atom stereocenters. The summed E-state index contributed by atoms with van der Waals surface area (Å²) in [6.07, 6.45) is 7.78. The van der Waals surface area contributed by atoms with Crippen LogP contribution in [0.5, 0.6) is 0 Å². The molecule has 29 heavy (non-hydrogen) atoms. The van der Waals surface area contributed by atoms with E-state index in [4.69, 9.17) is 10.7 Å². The van der Waals surface area contributed by atoms with Gasteiger partial charge in [-0.1, -0.05) is 31.5 Å². The van der Waals surface area contributed by atoms with Gasteiger partial charge in [0.2, 0.25) is 0 Å². The van der Waals surface area contributed by atoms with Gasteiger partial charge >= 0.3 is 0 Å². The molecule has 0 bridgehead atoms. The van der Waals surface area contributed by atoms with Crippen molar-refractivity contribution in [3.63, 3.8) is 0 Å². The Morgan fingerprint density at radius 2 is 2.07 bits per heavy atom. The van der Waals surface area contributed by atoms with Gasteiger partial charge in [-0.15, -0.1) is 0 Å². The molecule has 0 fully saturated rings. The molecule has 1 aromatic carbocycles. The molecule has 7 heteroatoms. The normalized spacial score (nSPS) is 12.5. The van der Waals surface area contributed by atoms with E-state index in [2.05, 4.69) is 39.0 Å². The zero-order chi connectivity index (χ0) is 20.4. The molecule has 0 saturated heterocycles. The number of nitrogens with two attached hydrogens (primary N) is 1. The van der Waals surface area contributed by atoms with E-state index in [9.17, 15) is 4.79 Å². The summed E-state index contributed by atoms with van der Waals surface area (Å²) in [5.41, 5.74) is 10.7. The summed E-state index contributed by atoms with van der Waals surface area (Å²) in [5.74, 6) is 0.668. The number of halogens is 1. The number of benzene rings is 1. The van der Waals surface area contributed by atoms with Gasteiger partial charge in [0.25, 0.3) is 0 Å². The first-order valence-electron chi connectivity index (χ1n) is 9.75. The fourth-order valence-corrected chi connectivity index (χ4v) is 4.32. The van der Waals surface area contributed by atoms with Gasteiger partial charge in [-0.3, -0.25) is 4.98 Å². The Morgan fingerprint density at radius 1 is 1.24 bits per heavy atom. The van der Waals surface area contributed by atoms with Gasteiger partial charge in [-0.25, -0.2) is 4.98 Å². The molecule has 1 atom stereocenters. The monoisotopic (exact) mass is 451 g/mol. The van der Waals surface area contributed by atoms with Crippen LogP contribution in [0.15, 0.2) is 47.2 Å². The van der Waals surface area contributed by atoms with E-state index in [1.165, 1.54) is 0 Å². The Bertz CT molecular complexity index is 1190. The molecule has 0 aliphatic rings. The molecule has 148 valence electrons. The van der Waals surface area contributed by atoms with Crippen molar-refractivity contribution in [3.05, 3.63) is 52.9 Å². The SMILES string of the molecule is CCCC(CCC=O)c1nc2c(-c3cnc4ccccc4c3)cnn2c(N)c1Br. The number of hydrogen-bond acceptors (Lipinski definition) is 5. The summed E-state index contributed by atoms with van der Waals surface area (Å²) in [6.45, 7) is 2.13. The standard InChI is InChI=1S/C22H22BrN5O/c1-2-6-14(8-5-10-29)20-19(23)21(24)28-22(27-20)17(13-26-28)16-11-15-7-3-4-9-18(15)25-12-16/h3-4,7,9-14H,2,5-6,8,24H2,1H3. The lowest BCUT2D eigenvalue weighted by Crippen LogP contribution is -2.10. The summed E-state index contributed by atoms with van der Waals surface area (Å²) in [5, 5.41) is 5.52. The molecule has 0 spiro atoms. The number of hydrogen-bond donors (Lipinski definition) is 1. The lowest BCUT2D eigenvalue weighted by molar-refractivity contribution is -0.108. The number of aromatic nitrogens is 4. The van der Waals surface area contributed by atoms with E-state index < -0.39 is 0 Å². The van der Waals surface area contributed by atoms with Crippen LogP contribution in [0, 0.1) is 0 Å². The van der Waals surface area contributed by atoms with E-state index in [0.29, 0.717) is 17.9 Å². The van der Waals surface area contributed by atoms with Gasteiger partial charge in [0.1, 0.15) is 12.1 Å². The third kappa shape index (κ3) is 3.62. The van der Waals surface area contributed by atoms with Crippen LogP contribution in [0.2, 0.25) is 0 Å². The highest BCUT2D eigenvalue weighted by molar-refractivity contribution is 9.10. The average molecular weight is 452 g/mol. The third-order valence-corrected chi connectivity index (χ3v) is 6.02. The van der Waals surface area contributed by atoms with Crippen molar-refractivity contribution >= 4 is 44.6 Å². The molecule has 4 rings (SSSR count). The maximum absolute atomic E-state index is 10.9. The molecule has 2 N–H and O–H groups in total. The van der Waals surface area contributed by atoms with Gasteiger partial charge in [-0.2, -0.15) is 9.61 Å². The minimum absolute atomic E-state index is 0.157. The number of pyridine rings is 1. The molecule has 0 amide bonds. The van der Waals surface area contributed by atoms with Gasteiger partial charge in [0, 0.05) is 35.0 Å². The van der Waals surface area contributed by atoms with Crippen LogP contribution in [0.1, 0.15) is 44.2 Å². The molecule has 6 nitrogen and oxygen atoms in total. The highest BCUT2D eigenvalue weighted by Gasteiger charge is 2.22. The van der Waals surface area contributed by atoms with Gasteiger partial charge in [0.05, 0.1) is 21.9 Å². The fourth-order valence-electron chi connectivity index (χ4n) is 3.74. The molecule has 0 aliphatic carbocycles. The highest BCUT2D eigenvalue weighted by atomic mass is 79.9. The number of rotatable bonds is 7. The lowest BCUT2D eigenvalue weighted by atomic mass is 9.94. The predicted molar refractivity (Wildman–Crippen MR) is 119 cm³/mol. The molecular weight excluding hydrogens is 430 g/mol. The Kier molecular flexibility index (Phi) is 5.58. The van der Waals surface area contributed by atoms with Crippen molar-refractivity contribution in [1.29, 1.82) is 0 Å². The molecule has 0 aliphatic heterocycles. The first kappa shape index (κ1) is 19.5. The Hall–Kier alpha value is -2.80. The molecule has 0 saturated carbocycles. The molecule has 0 radical (unpaired) electrons. The van der Waals surface area contributed by atoms with Gasteiger partial charge in [-0.05, 0) is 40.9 Å². The summed E-state index contributed by atoms with van der Waals surface area (Å²) < 4.78 is 2.40. The van der Waals surface area contributed by atoms with Crippen molar-refractivity contribution in [3.8, 4) is 11.1 Å². The molecule has 3 heterocycles. The lowest BCUT2D eigenvalue weighted by Gasteiger charge is -2.18. The Morgan fingerprint density at radius 3 is 2.86 bits per heavy atom. The van der Waals surface area contributed by atoms with Crippen LogP contribution in [0.3, 0.4) is 0 Å². The summed E-state index contributed by atoms with van der Waals surface area (Å²) in [7, 11) is 0. The molecule has 3 aromatic heterocycles. The second-order valence-corrected chi connectivity index (χ2v) is 7.93. The number of fused-ring (bicyclic) bond motifs is 2.